The first kappa shape index (κ1) is 20.2. The summed E-state index contributed by atoms with van der Waals surface area (Å²) in [7, 11) is 3.46. The molecule has 0 saturated carbocycles. The fourth-order valence-corrected chi connectivity index (χ4v) is 3.14. The van der Waals surface area contributed by atoms with Crippen LogP contribution >= 0.6 is 11.6 Å². The first-order chi connectivity index (χ1) is 13.2. The topological polar surface area (TPSA) is 103 Å². The summed E-state index contributed by atoms with van der Waals surface area (Å²) in [6.45, 7) is 6.92. The Kier molecular flexibility index (Phi) is 5.62. The number of benzene rings is 1. The van der Waals surface area contributed by atoms with E-state index in [1.807, 2.05) is 46.0 Å². The quantitative estimate of drug-likeness (QED) is 0.556. The Morgan fingerprint density at radius 3 is 2.64 bits per heavy atom. The van der Waals surface area contributed by atoms with E-state index < -0.39 is 0 Å². The lowest BCUT2D eigenvalue weighted by Gasteiger charge is -2.19. The smallest absolute Gasteiger partial charge is 0.226 e. The number of nitrogens with zero attached hydrogens (tertiary/aromatic N) is 4. The number of hydrogen-bond donors (Lipinski definition) is 3. The Bertz CT molecular complexity index is 994. The van der Waals surface area contributed by atoms with Crippen molar-refractivity contribution in [1.29, 1.82) is 0 Å². The van der Waals surface area contributed by atoms with Gasteiger partial charge in [-0.3, -0.25) is 0 Å². The average molecular weight is 404 g/mol. The van der Waals surface area contributed by atoms with Gasteiger partial charge in [0.2, 0.25) is 5.95 Å². The molecule has 9 heteroatoms. The van der Waals surface area contributed by atoms with E-state index in [2.05, 4.69) is 25.7 Å². The summed E-state index contributed by atoms with van der Waals surface area (Å²) >= 11 is 6.23. The van der Waals surface area contributed by atoms with Crippen molar-refractivity contribution in [2.75, 3.05) is 24.3 Å². The Balaban J connectivity index is 1.91. The van der Waals surface area contributed by atoms with E-state index in [4.69, 9.17) is 22.1 Å². The van der Waals surface area contributed by atoms with Crippen molar-refractivity contribution in [3.63, 3.8) is 0 Å². The van der Waals surface area contributed by atoms with E-state index in [-0.39, 0.29) is 5.54 Å². The second-order valence-electron chi connectivity index (χ2n) is 7.47. The fourth-order valence-electron chi connectivity index (χ4n) is 2.86. The molecule has 3 rings (SSSR count). The molecule has 0 fully saturated rings. The van der Waals surface area contributed by atoms with Gasteiger partial charge in [-0.25, -0.2) is 4.68 Å². The molecule has 2 heterocycles. The number of methoxy groups -OCH3 is 1. The minimum absolute atomic E-state index is 0.381. The van der Waals surface area contributed by atoms with Crippen LogP contribution in [-0.2, 0) is 13.6 Å². The van der Waals surface area contributed by atoms with E-state index >= 15 is 0 Å². The number of ether oxygens (including phenoxy) is 1. The molecule has 0 spiro atoms. The van der Waals surface area contributed by atoms with Crippen LogP contribution in [0, 0.1) is 6.92 Å². The van der Waals surface area contributed by atoms with Crippen LogP contribution in [0.4, 0.5) is 11.8 Å². The van der Waals surface area contributed by atoms with Gasteiger partial charge >= 0.3 is 0 Å². The van der Waals surface area contributed by atoms with Gasteiger partial charge in [-0.1, -0.05) is 17.7 Å². The Morgan fingerprint density at radius 2 is 2.00 bits per heavy atom. The van der Waals surface area contributed by atoms with Crippen LogP contribution < -0.4 is 21.1 Å². The number of fused-ring (bicyclic) bond motifs is 1. The van der Waals surface area contributed by atoms with Crippen molar-refractivity contribution in [3.8, 4) is 5.75 Å². The van der Waals surface area contributed by atoms with Crippen LogP contribution in [0.5, 0.6) is 5.75 Å². The lowest BCUT2D eigenvalue weighted by molar-refractivity contribution is 0.415. The fraction of sp³-hybridized carbons (Fsp3) is 0.421. The number of nitrogens with two attached hydrogens (primary N) is 1. The number of nitrogens with one attached hydrogen (secondary N) is 2. The van der Waals surface area contributed by atoms with E-state index in [0.717, 1.165) is 22.3 Å². The number of rotatable bonds is 7. The molecule has 0 unspecified atom stereocenters. The molecule has 0 aliphatic heterocycles. The summed E-state index contributed by atoms with van der Waals surface area (Å²) in [6.07, 6.45) is 0. The summed E-state index contributed by atoms with van der Waals surface area (Å²) in [5.74, 6) is 1.86. The molecule has 0 saturated heterocycles. The molecule has 0 bridgehead atoms. The summed E-state index contributed by atoms with van der Waals surface area (Å²) in [5, 5.41) is 12.5. The predicted octanol–water partition coefficient (Wildman–Crippen LogP) is 3.10. The highest BCUT2D eigenvalue weighted by atomic mass is 35.5. The maximum Gasteiger partial charge on any atom is 0.226 e. The lowest BCUT2D eigenvalue weighted by Crippen LogP contribution is -2.40. The van der Waals surface area contributed by atoms with Crippen molar-refractivity contribution in [1.82, 2.24) is 19.7 Å². The van der Waals surface area contributed by atoms with Gasteiger partial charge in [0.15, 0.2) is 5.65 Å². The minimum atomic E-state index is -0.381. The highest BCUT2D eigenvalue weighted by molar-refractivity contribution is 6.32. The summed E-state index contributed by atoms with van der Waals surface area (Å²) < 4.78 is 6.96. The van der Waals surface area contributed by atoms with Gasteiger partial charge in [-0.15, -0.1) is 0 Å². The van der Waals surface area contributed by atoms with Crippen molar-refractivity contribution < 1.29 is 4.74 Å². The average Bonchev–Trinajstić information content (AvgIpc) is 2.91. The van der Waals surface area contributed by atoms with Crippen LogP contribution in [0.25, 0.3) is 11.0 Å². The largest absolute Gasteiger partial charge is 0.495 e. The number of anilines is 2. The number of hydrogen-bond acceptors (Lipinski definition) is 7. The molecule has 3 aromatic rings. The minimum Gasteiger partial charge on any atom is -0.495 e. The molecule has 0 aliphatic carbocycles. The summed E-state index contributed by atoms with van der Waals surface area (Å²) in [5.41, 5.74) is 8.31. The Labute approximate surface area is 169 Å². The first-order valence-electron chi connectivity index (χ1n) is 8.98. The highest BCUT2D eigenvalue weighted by Crippen LogP contribution is 2.28. The Hall–Kier alpha value is -2.58. The zero-order valence-corrected chi connectivity index (χ0v) is 17.6. The molecule has 28 heavy (non-hydrogen) atoms. The second-order valence-corrected chi connectivity index (χ2v) is 7.88. The first-order valence-corrected chi connectivity index (χ1v) is 9.36. The van der Waals surface area contributed by atoms with Crippen molar-refractivity contribution in [2.24, 2.45) is 12.8 Å². The maximum absolute atomic E-state index is 6.23. The summed E-state index contributed by atoms with van der Waals surface area (Å²) in [4.78, 5) is 9.25. The van der Waals surface area contributed by atoms with E-state index in [1.54, 1.807) is 11.8 Å². The molecule has 0 amide bonds. The lowest BCUT2D eigenvalue weighted by atomic mass is 10.1. The highest BCUT2D eigenvalue weighted by Gasteiger charge is 2.17. The van der Waals surface area contributed by atoms with Gasteiger partial charge in [0.1, 0.15) is 11.6 Å². The van der Waals surface area contributed by atoms with Crippen LogP contribution in [0.15, 0.2) is 18.2 Å². The number of aromatic nitrogens is 4. The molecule has 4 N–H and O–H groups in total. The standard InChI is InChI=1S/C19H26ClN7O/c1-11-15-16(22-9-12-6-7-14(28-5)13(20)8-12)24-18(23-10-19(2,3)21)25-17(15)27(4)26-11/h6-8H,9-10,21H2,1-5H3,(H2,22,23,24,25). The molecule has 0 atom stereocenters. The van der Waals surface area contributed by atoms with Crippen LogP contribution in [0.1, 0.15) is 25.1 Å². The van der Waals surface area contributed by atoms with Crippen LogP contribution in [0.2, 0.25) is 5.02 Å². The molecule has 1 aromatic carbocycles. The SMILES string of the molecule is COc1ccc(CNc2nc(NCC(C)(C)N)nc3c2c(C)nn3C)cc1Cl. The molecule has 0 radical (unpaired) electrons. The molecule has 2 aromatic heterocycles. The van der Waals surface area contributed by atoms with E-state index in [0.29, 0.717) is 35.6 Å². The number of aryl methyl sites for hydroxylation is 2. The third-order valence-corrected chi connectivity index (χ3v) is 4.53. The summed E-state index contributed by atoms with van der Waals surface area (Å²) in [6, 6.07) is 5.68. The van der Waals surface area contributed by atoms with E-state index in [9.17, 15) is 0 Å². The van der Waals surface area contributed by atoms with Gasteiger partial charge < -0.3 is 21.1 Å². The molecular formula is C19H26ClN7O. The van der Waals surface area contributed by atoms with Gasteiger partial charge in [0.25, 0.3) is 0 Å². The number of halogens is 1. The zero-order valence-electron chi connectivity index (χ0n) is 16.8. The predicted molar refractivity (Wildman–Crippen MR) is 113 cm³/mol. The normalized spacial score (nSPS) is 11.7. The maximum atomic E-state index is 6.23. The van der Waals surface area contributed by atoms with Gasteiger partial charge in [0, 0.05) is 25.7 Å². The molecular weight excluding hydrogens is 378 g/mol. The third-order valence-electron chi connectivity index (χ3n) is 4.24. The van der Waals surface area contributed by atoms with Crippen molar-refractivity contribution in [3.05, 3.63) is 34.5 Å². The van der Waals surface area contributed by atoms with Crippen LogP contribution in [0.3, 0.4) is 0 Å². The molecule has 0 aliphatic rings. The second kappa shape index (κ2) is 7.81. The third kappa shape index (κ3) is 4.45. The van der Waals surface area contributed by atoms with Gasteiger partial charge in [0.05, 0.1) is 23.2 Å². The van der Waals surface area contributed by atoms with Crippen molar-refractivity contribution in [2.45, 2.75) is 32.9 Å². The van der Waals surface area contributed by atoms with Gasteiger partial charge in [-0.05, 0) is 38.5 Å². The molecule has 150 valence electrons. The van der Waals surface area contributed by atoms with Crippen LogP contribution in [-0.4, -0.2) is 38.9 Å². The van der Waals surface area contributed by atoms with E-state index in [1.165, 1.54) is 0 Å². The molecule has 8 nitrogen and oxygen atoms in total. The van der Waals surface area contributed by atoms with Gasteiger partial charge in [-0.2, -0.15) is 15.1 Å². The Morgan fingerprint density at radius 1 is 1.25 bits per heavy atom. The zero-order chi connectivity index (χ0) is 20.5. The van der Waals surface area contributed by atoms with Crippen molar-refractivity contribution >= 4 is 34.4 Å². The monoisotopic (exact) mass is 403 g/mol.